The minimum Gasteiger partial charge on any atom is -0.462 e. The zero-order valence-corrected chi connectivity index (χ0v) is 18.9. The Balaban J connectivity index is 1.92. The van der Waals surface area contributed by atoms with Crippen LogP contribution >= 0.6 is 0 Å². The Bertz CT molecular complexity index is 813. The number of hydrogen-bond acceptors (Lipinski definition) is 6. The lowest BCUT2D eigenvalue weighted by molar-refractivity contribution is -0.236. The van der Waals surface area contributed by atoms with Crippen molar-refractivity contribution >= 4 is 17.9 Å². The molecule has 1 heterocycles. The number of ether oxygens (including phenoxy) is 3. The number of fused-ring (bicyclic) bond motifs is 5. The third-order valence-electron chi connectivity index (χ3n) is 8.83. The standard InChI is InChI=1S/C24H34O6/c1-13(25)29-17-10-15-16(12-28-21(15)27)24(6)19(30-14(2)26)11-18-22(3,4)8-7-9-23(18,5)20(17)24/h10,16-20H,7-9,11-12H2,1-6H3/t16?,17-,18?,19-,20?,23-,24+/m0/s1. The molecule has 4 aliphatic rings. The first-order valence-electron chi connectivity index (χ1n) is 11.1. The van der Waals surface area contributed by atoms with E-state index < -0.39 is 11.5 Å². The zero-order chi connectivity index (χ0) is 22.1. The molecule has 166 valence electrons. The smallest absolute Gasteiger partial charge is 0.334 e. The van der Waals surface area contributed by atoms with Gasteiger partial charge in [0.15, 0.2) is 0 Å². The van der Waals surface area contributed by atoms with Gasteiger partial charge in [-0.3, -0.25) is 9.59 Å². The van der Waals surface area contributed by atoms with Crippen molar-refractivity contribution in [3.63, 3.8) is 0 Å². The highest BCUT2D eigenvalue weighted by molar-refractivity contribution is 5.92. The quantitative estimate of drug-likeness (QED) is 0.501. The molecule has 6 heteroatoms. The average molecular weight is 419 g/mol. The third kappa shape index (κ3) is 2.93. The van der Waals surface area contributed by atoms with E-state index in [9.17, 15) is 14.4 Å². The van der Waals surface area contributed by atoms with Gasteiger partial charge in [0, 0.05) is 36.7 Å². The second-order valence-corrected chi connectivity index (χ2v) is 10.9. The highest BCUT2D eigenvalue weighted by Gasteiger charge is 2.69. The van der Waals surface area contributed by atoms with Crippen LogP contribution < -0.4 is 0 Å². The SMILES string of the molecule is CC(=O)O[C@H]1C=C2C(=O)OCC2[C@@]2(C)C1[C@@]1(C)CCCC(C)(C)C1C[C@@H]2OC(C)=O. The molecule has 4 rings (SSSR count). The van der Waals surface area contributed by atoms with Gasteiger partial charge < -0.3 is 14.2 Å². The van der Waals surface area contributed by atoms with Crippen LogP contribution in [0.2, 0.25) is 0 Å². The number of cyclic esters (lactones) is 1. The summed E-state index contributed by atoms with van der Waals surface area (Å²) in [5.74, 6) is -0.966. The van der Waals surface area contributed by atoms with E-state index in [-0.39, 0.29) is 53.3 Å². The number of esters is 3. The second-order valence-electron chi connectivity index (χ2n) is 10.9. The van der Waals surface area contributed by atoms with Crippen molar-refractivity contribution in [1.29, 1.82) is 0 Å². The highest BCUT2D eigenvalue weighted by atomic mass is 16.6. The van der Waals surface area contributed by atoms with E-state index in [1.807, 2.05) is 6.08 Å². The largest absolute Gasteiger partial charge is 0.462 e. The summed E-state index contributed by atoms with van der Waals surface area (Å²) in [5, 5.41) is 0. The predicted octanol–water partition coefficient (Wildman–Crippen LogP) is 3.82. The van der Waals surface area contributed by atoms with Gasteiger partial charge in [0.25, 0.3) is 0 Å². The van der Waals surface area contributed by atoms with Gasteiger partial charge in [-0.25, -0.2) is 4.79 Å². The molecular formula is C24H34O6. The average Bonchev–Trinajstić information content (AvgIpc) is 2.97. The molecule has 0 radical (unpaired) electrons. The summed E-state index contributed by atoms with van der Waals surface area (Å²) in [5.41, 5.74) is -0.0181. The molecule has 1 saturated heterocycles. The summed E-state index contributed by atoms with van der Waals surface area (Å²) in [7, 11) is 0. The summed E-state index contributed by atoms with van der Waals surface area (Å²) in [6.45, 7) is 12.2. The van der Waals surface area contributed by atoms with Gasteiger partial charge in [-0.2, -0.15) is 0 Å². The van der Waals surface area contributed by atoms with E-state index in [1.54, 1.807) is 0 Å². The van der Waals surface area contributed by atoms with Gasteiger partial charge in [-0.05, 0) is 42.1 Å². The maximum atomic E-state index is 12.5. The van der Waals surface area contributed by atoms with Crippen molar-refractivity contribution in [2.24, 2.45) is 34.0 Å². The Labute approximate surface area is 178 Å². The maximum absolute atomic E-state index is 12.5. The molecule has 30 heavy (non-hydrogen) atoms. The van der Waals surface area contributed by atoms with Crippen molar-refractivity contribution in [2.45, 2.75) is 79.4 Å². The van der Waals surface area contributed by atoms with Crippen molar-refractivity contribution in [3.8, 4) is 0 Å². The summed E-state index contributed by atoms with van der Waals surface area (Å²) in [6, 6.07) is 0. The Morgan fingerprint density at radius 1 is 1.07 bits per heavy atom. The molecular weight excluding hydrogens is 384 g/mol. The fraction of sp³-hybridized carbons (Fsp3) is 0.792. The van der Waals surface area contributed by atoms with Gasteiger partial charge in [-0.1, -0.05) is 34.1 Å². The van der Waals surface area contributed by atoms with Crippen LogP contribution in [-0.2, 0) is 28.6 Å². The van der Waals surface area contributed by atoms with Crippen molar-refractivity contribution in [1.82, 2.24) is 0 Å². The number of hydrogen-bond donors (Lipinski definition) is 0. The molecule has 0 amide bonds. The molecule has 6 nitrogen and oxygen atoms in total. The Morgan fingerprint density at radius 3 is 2.37 bits per heavy atom. The molecule has 0 aromatic rings. The molecule has 0 N–H and O–H groups in total. The highest BCUT2D eigenvalue weighted by Crippen LogP contribution is 2.69. The van der Waals surface area contributed by atoms with Gasteiger partial charge >= 0.3 is 17.9 Å². The Kier molecular flexibility index (Phi) is 4.87. The molecule has 7 atom stereocenters. The lowest BCUT2D eigenvalue weighted by Gasteiger charge is -2.67. The van der Waals surface area contributed by atoms with Crippen LogP contribution in [0.5, 0.6) is 0 Å². The van der Waals surface area contributed by atoms with Gasteiger partial charge in [0.2, 0.25) is 0 Å². The fourth-order valence-electron chi connectivity index (χ4n) is 7.79. The number of rotatable bonds is 2. The molecule has 0 spiro atoms. The lowest BCUT2D eigenvalue weighted by atomic mass is 9.38. The van der Waals surface area contributed by atoms with E-state index in [0.29, 0.717) is 11.5 Å². The Hall–Kier alpha value is -1.85. The fourth-order valence-corrected chi connectivity index (χ4v) is 7.79. The number of carbonyl (C=O) groups is 3. The normalized spacial score (nSPS) is 44.0. The van der Waals surface area contributed by atoms with E-state index in [1.165, 1.54) is 13.8 Å². The lowest BCUT2D eigenvalue weighted by Crippen LogP contribution is -2.67. The van der Waals surface area contributed by atoms with Crippen molar-refractivity contribution in [2.75, 3.05) is 6.61 Å². The first-order valence-corrected chi connectivity index (χ1v) is 11.1. The van der Waals surface area contributed by atoms with Crippen LogP contribution in [0, 0.1) is 34.0 Å². The van der Waals surface area contributed by atoms with E-state index in [0.717, 1.165) is 25.7 Å². The summed E-state index contributed by atoms with van der Waals surface area (Å²) >= 11 is 0. The zero-order valence-electron chi connectivity index (χ0n) is 18.9. The van der Waals surface area contributed by atoms with Crippen molar-refractivity contribution < 1.29 is 28.6 Å². The van der Waals surface area contributed by atoms with Crippen molar-refractivity contribution in [3.05, 3.63) is 11.6 Å². The van der Waals surface area contributed by atoms with Gasteiger partial charge in [0.05, 0.1) is 6.61 Å². The van der Waals surface area contributed by atoms with Gasteiger partial charge in [0.1, 0.15) is 12.2 Å². The predicted molar refractivity (Wildman–Crippen MR) is 109 cm³/mol. The van der Waals surface area contributed by atoms with E-state index in [2.05, 4.69) is 27.7 Å². The van der Waals surface area contributed by atoms with Crippen LogP contribution in [0.4, 0.5) is 0 Å². The maximum Gasteiger partial charge on any atom is 0.334 e. The molecule has 3 aliphatic carbocycles. The monoisotopic (exact) mass is 418 g/mol. The molecule has 3 fully saturated rings. The van der Waals surface area contributed by atoms with Crippen LogP contribution in [0.25, 0.3) is 0 Å². The van der Waals surface area contributed by atoms with Crippen LogP contribution in [0.3, 0.4) is 0 Å². The first-order chi connectivity index (χ1) is 13.9. The number of carbonyl (C=O) groups excluding carboxylic acids is 3. The van der Waals surface area contributed by atoms with Crippen LogP contribution in [0.1, 0.15) is 67.2 Å². The molecule has 0 aromatic carbocycles. The minimum absolute atomic E-state index is 0.0696. The second kappa shape index (κ2) is 6.83. The molecule has 1 aliphatic heterocycles. The third-order valence-corrected chi connectivity index (χ3v) is 8.83. The van der Waals surface area contributed by atoms with Crippen LogP contribution in [-0.4, -0.2) is 36.7 Å². The summed E-state index contributed by atoms with van der Waals surface area (Å²) in [4.78, 5) is 36.7. The summed E-state index contributed by atoms with van der Waals surface area (Å²) in [6.07, 6.45) is 4.92. The minimum atomic E-state index is -0.555. The first kappa shape index (κ1) is 21.4. The summed E-state index contributed by atoms with van der Waals surface area (Å²) < 4.78 is 17.3. The van der Waals surface area contributed by atoms with Crippen LogP contribution in [0.15, 0.2) is 11.6 Å². The van der Waals surface area contributed by atoms with E-state index in [4.69, 9.17) is 14.2 Å². The Morgan fingerprint density at radius 2 is 1.73 bits per heavy atom. The molecule has 0 bridgehead atoms. The molecule has 0 aromatic heterocycles. The molecule has 3 unspecified atom stereocenters. The van der Waals surface area contributed by atoms with E-state index >= 15 is 0 Å². The topological polar surface area (TPSA) is 78.9 Å². The molecule has 2 saturated carbocycles. The van der Waals surface area contributed by atoms with Gasteiger partial charge in [-0.15, -0.1) is 0 Å².